The summed E-state index contributed by atoms with van der Waals surface area (Å²) in [6.45, 7) is 6.26. The summed E-state index contributed by atoms with van der Waals surface area (Å²) in [6, 6.07) is 6.61. The van der Waals surface area contributed by atoms with Crippen LogP contribution in [0.5, 0.6) is 0 Å². The van der Waals surface area contributed by atoms with Gasteiger partial charge in [-0.3, -0.25) is 14.2 Å². The maximum absolute atomic E-state index is 12.9. The Labute approximate surface area is 159 Å². The number of amides is 2. The molecule has 27 heavy (non-hydrogen) atoms. The van der Waals surface area contributed by atoms with Gasteiger partial charge < -0.3 is 13.8 Å². The minimum Gasteiger partial charge on any atom is -0.496 e. The highest BCUT2D eigenvalue weighted by molar-refractivity contribution is 7.54. The largest absolute Gasteiger partial charge is 0.496 e. The molecule has 0 aromatic heterocycles. The summed E-state index contributed by atoms with van der Waals surface area (Å²) in [4.78, 5) is 26.1. The summed E-state index contributed by atoms with van der Waals surface area (Å²) >= 11 is 0. The molecule has 0 spiro atoms. The van der Waals surface area contributed by atoms with E-state index in [4.69, 9.17) is 13.8 Å². The molecule has 2 rings (SSSR count). The highest BCUT2D eigenvalue weighted by Crippen LogP contribution is 2.49. The molecule has 2 amide bonds. The Morgan fingerprint density at radius 2 is 1.59 bits per heavy atom. The van der Waals surface area contributed by atoms with E-state index < -0.39 is 19.4 Å². The second-order valence-corrected chi connectivity index (χ2v) is 7.98. The minimum atomic E-state index is -3.44. The summed E-state index contributed by atoms with van der Waals surface area (Å²) in [5.41, 5.74) is 0.675. The molecule has 0 N–H and O–H groups in total. The van der Waals surface area contributed by atoms with Crippen molar-refractivity contribution < 1.29 is 27.9 Å². The Morgan fingerprint density at radius 3 is 2.07 bits per heavy atom. The number of unbranched alkanes of at least 4 members (excludes halogenated alkanes) is 1. The fraction of sp³-hybridized carbons (Fsp3) is 0.474. The second kappa shape index (κ2) is 9.83. The van der Waals surface area contributed by atoms with Gasteiger partial charge in [0.05, 0.1) is 37.1 Å². The molecule has 0 saturated heterocycles. The van der Waals surface area contributed by atoms with Gasteiger partial charge in [0.25, 0.3) is 11.8 Å². The Balaban J connectivity index is 2.29. The molecule has 0 radical (unpaired) electrons. The van der Waals surface area contributed by atoms with Crippen molar-refractivity contribution in [2.24, 2.45) is 0 Å². The van der Waals surface area contributed by atoms with E-state index in [2.05, 4.69) is 0 Å². The van der Waals surface area contributed by atoms with Crippen LogP contribution >= 0.6 is 7.60 Å². The zero-order valence-corrected chi connectivity index (χ0v) is 16.9. The first-order valence-corrected chi connectivity index (χ1v) is 10.9. The molecular formula is C19H26NO6P. The predicted octanol–water partition coefficient (Wildman–Crippen LogP) is 4.21. The average Bonchev–Trinajstić information content (AvgIpc) is 2.87. The zero-order chi connectivity index (χ0) is 19.9. The van der Waals surface area contributed by atoms with Gasteiger partial charge in [0.15, 0.2) is 0 Å². The van der Waals surface area contributed by atoms with Gasteiger partial charge in [-0.15, -0.1) is 0 Å². The maximum Gasteiger partial charge on any atom is 0.338 e. The van der Waals surface area contributed by atoms with Crippen LogP contribution in [-0.2, 0) is 18.3 Å². The molecule has 7 nitrogen and oxygen atoms in total. The van der Waals surface area contributed by atoms with E-state index in [0.717, 1.165) is 17.7 Å². The van der Waals surface area contributed by atoms with Crippen LogP contribution in [0.4, 0.5) is 0 Å². The van der Waals surface area contributed by atoms with Crippen LogP contribution in [0.1, 0.15) is 54.3 Å². The SMILES string of the molecule is CCCCO/C(=C\N1C(=O)c2ccccc2C1=O)CP(=O)(OCC)OCC. The molecular weight excluding hydrogens is 369 g/mol. The number of hydrogen-bond acceptors (Lipinski definition) is 6. The first-order valence-electron chi connectivity index (χ1n) is 9.14. The molecule has 0 aliphatic carbocycles. The number of carbonyl (C=O) groups is 2. The highest BCUT2D eigenvalue weighted by atomic mass is 31.2. The van der Waals surface area contributed by atoms with Gasteiger partial charge in [-0.25, -0.2) is 4.90 Å². The molecule has 1 aromatic carbocycles. The summed E-state index contributed by atoms with van der Waals surface area (Å²) in [7, 11) is -3.44. The maximum atomic E-state index is 12.9. The van der Waals surface area contributed by atoms with Crippen LogP contribution in [0.2, 0.25) is 0 Å². The lowest BCUT2D eigenvalue weighted by Gasteiger charge is -2.20. The lowest BCUT2D eigenvalue weighted by Crippen LogP contribution is -2.25. The van der Waals surface area contributed by atoms with Gasteiger partial charge in [0, 0.05) is 0 Å². The van der Waals surface area contributed by atoms with E-state index in [-0.39, 0.29) is 25.1 Å². The molecule has 0 bridgehead atoms. The van der Waals surface area contributed by atoms with Crippen molar-refractivity contribution in [3.63, 3.8) is 0 Å². The topological polar surface area (TPSA) is 82.1 Å². The van der Waals surface area contributed by atoms with Crippen molar-refractivity contribution in [2.45, 2.75) is 33.6 Å². The first kappa shape index (κ1) is 21.4. The summed E-state index contributed by atoms with van der Waals surface area (Å²) < 4.78 is 29.2. The number of ether oxygens (including phenoxy) is 1. The van der Waals surface area contributed by atoms with Crippen LogP contribution in [0.15, 0.2) is 36.2 Å². The van der Waals surface area contributed by atoms with Gasteiger partial charge >= 0.3 is 7.60 Å². The number of rotatable bonds is 11. The Morgan fingerprint density at radius 1 is 1.04 bits per heavy atom. The molecule has 0 unspecified atom stereocenters. The van der Waals surface area contributed by atoms with Crippen LogP contribution in [0, 0.1) is 0 Å². The predicted molar refractivity (Wildman–Crippen MR) is 102 cm³/mol. The van der Waals surface area contributed by atoms with Crippen LogP contribution in [-0.4, -0.2) is 42.7 Å². The van der Waals surface area contributed by atoms with E-state index >= 15 is 0 Å². The molecule has 0 fully saturated rings. The third-order valence-electron chi connectivity index (χ3n) is 3.88. The Kier molecular flexibility index (Phi) is 7.78. The fourth-order valence-corrected chi connectivity index (χ4v) is 4.25. The number of imide groups is 1. The number of carbonyl (C=O) groups excluding carboxylic acids is 2. The zero-order valence-electron chi connectivity index (χ0n) is 16.0. The van der Waals surface area contributed by atoms with E-state index in [1.54, 1.807) is 38.1 Å². The smallest absolute Gasteiger partial charge is 0.338 e. The quantitative estimate of drug-likeness (QED) is 0.242. The normalized spacial score (nSPS) is 14.6. The lowest BCUT2D eigenvalue weighted by atomic mass is 10.1. The molecule has 1 aromatic rings. The van der Waals surface area contributed by atoms with Crippen molar-refractivity contribution in [1.29, 1.82) is 0 Å². The van der Waals surface area contributed by atoms with Gasteiger partial charge in [-0.05, 0) is 32.4 Å². The number of allylic oxidation sites excluding steroid dienone is 1. The monoisotopic (exact) mass is 395 g/mol. The fourth-order valence-electron chi connectivity index (χ4n) is 2.65. The third-order valence-corrected chi connectivity index (χ3v) is 5.89. The standard InChI is InChI=1S/C19H26NO6P/c1-4-7-12-24-15(14-27(23,25-5-2)26-6-3)13-20-18(21)16-10-8-9-11-17(16)19(20)22/h8-11,13H,4-7,12,14H2,1-3H3/b15-13-. The van der Waals surface area contributed by atoms with Crippen molar-refractivity contribution in [3.05, 3.63) is 47.4 Å². The van der Waals surface area contributed by atoms with Crippen LogP contribution in [0.25, 0.3) is 0 Å². The number of nitrogens with zero attached hydrogens (tertiary/aromatic N) is 1. The molecule has 1 aliphatic heterocycles. The van der Waals surface area contributed by atoms with Crippen molar-refractivity contribution in [2.75, 3.05) is 26.0 Å². The number of fused-ring (bicyclic) bond motifs is 1. The Bertz CT molecular complexity index is 715. The number of hydrogen-bond donors (Lipinski definition) is 0. The highest BCUT2D eigenvalue weighted by Gasteiger charge is 2.35. The molecule has 1 heterocycles. The first-order chi connectivity index (χ1) is 13.0. The lowest BCUT2D eigenvalue weighted by molar-refractivity contribution is 0.0709. The summed E-state index contributed by atoms with van der Waals surface area (Å²) in [5.74, 6) is -0.645. The van der Waals surface area contributed by atoms with E-state index in [0.29, 0.717) is 17.7 Å². The molecule has 148 valence electrons. The van der Waals surface area contributed by atoms with E-state index in [1.165, 1.54) is 6.20 Å². The van der Waals surface area contributed by atoms with Gasteiger partial charge in [-0.2, -0.15) is 0 Å². The van der Waals surface area contributed by atoms with Crippen molar-refractivity contribution in [1.82, 2.24) is 4.90 Å². The van der Waals surface area contributed by atoms with Crippen LogP contribution in [0.3, 0.4) is 0 Å². The average molecular weight is 395 g/mol. The number of benzene rings is 1. The van der Waals surface area contributed by atoms with E-state index in [1.807, 2.05) is 6.92 Å². The molecule has 0 saturated carbocycles. The third kappa shape index (κ3) is 5.28. The molecule has 0 atom stereocenters. The second-order valence-electron chi connectivity index (χ2n) is 5.93. The van der Waals surface area contributed by atoms with Gasteiger partial charge in [-0.1, -0.05) is 25.5 Å². The van der Waals surface area contributed by atoms with Crippen LogP contribution < -0.4 is 0 Å². The summed E-state index contributed by atoms with van der Waals surface area (Å²) in [5, 5.41) is 0. The van der Waals surface area contributed by atoms with Gasteiger partial charge in [0.1, 0.15) is 11.9 Å². The summed E-state index contributed by atoms with van der Waals surface area (Å²) in [6.07, 6.45) is 2.86. The van der Waals surface area contributed by atoms with Gasteiger partial charge in [0.2, 0.25) is 0 Å². The van der Waals surface area contributed by atoms with Crippen molar-refractivity contribution in [3.8, 4) is 0 Å². The molecule has 1 aliphatic rings. The Hall–Kier alpha value is -1.95. The van der Waals surface area contributed by atoms with E-state index in [9.17, 15) is 14.2 Å². The minimum absolute atomic E-state index is 0.147. The molecule has 8 heteroatoms. The van der Waals surface area contributed by atoms with Crippen molar-refractivity contribution >= 4 is 19.4 Å².